The van der Waals surface area contributed by atoms with Crippen LogP contribution in [0.5, 0.6) is 11.5 Å². The Morgan fingerprint density at radius 1 is 0.919 bits per heavy atom. The number of carbonyl (C=O) groups is 2. The highest BCUT2D eigenvalue weighted by molar-refractivity contribution is 5.91. The number of cyclic esters (lactones) is 1. The van der Waals surface area contributed by atoms with Gasteiger partial charge < -0.3 is 14.2 Å². The molecule has 202 valence electrons. The second kappa shape index (κ2) is 15.4. The van der Waals surface area contributed by atoms with Gasteiger partial charge in [-0.3, -0.25) is 4.79 Å². The minimum atomic E-state index is -0.651. The molecule has 3 rings (SSSR count). The Hall–Kier alpha value is -2.89. The van der Waals surface area contributed by atoms with Crippen molar-refractivity contribution in [2.24, 2.45) is 0 Å². The Kier molecular flexibility index (Phi) is 11.9. The predicted octanol–water partition coefficient (Wildman–Crippen LogP) is 8.15. The lowest BCUT2D eigenvalue weighted by molar-refractivity contribution is -0.142. The molecule has 2 aromatic rings. The fourth-order valence-corrected chi connectivity index (χ4v) is 4.64. The summed E-state index contributed by atoms with van der Waals surface area (Å²) in [7, 11) is 0. The molecule has 1 heterocycles. The van der Waals surface area contributed by atoms with Gasteiger partial charge in [-0.2, -0.15) is 0 Å². The van der Waals surface area contributed by atoms with E-state index < -0.39 is 11.8 Å². The molecule has 0 aliphatic carbocycles. The van der Waals surface area contributed by atoms with Gasteiger partial charge in [0.15, 0.2) is 11.6 Å². The third-order valence-corrected chi connectivity index (χ3v) is 6.86. The Balaban J connectivity index is 1.46. The number of benzene rings is 2. The zero-order chi connectivity index (χ0) is 26.5. The van der Waals surface area contributed by atoms with Crippen LogP contribution in [-0.4, -0.2) is 24.6 Å². The fourth-order valence-electron chi connectivity index (χ4n) is 4.64. The van der Waals surface area contributed by atoms with Gasteiger partial charge in [0.05, 0.1) is 18.1 Å². The number of esters is 2. The number of carbonyl (C=O) groups excluding carboxylic acids is 2. The summed E-state index contributed by atoms with van der Waals surface area (Å²) in [6, 6.07) is 11.0. The van der Waals surface area contributed by atoms with Gasteiger partial charge in [0.25, 0.3) is 0 Å². The van der Waals surface area contributed by atoms with Gasteiger partial charge in [0, 0.05) is 6.42 Å². The standard InChI is InChI=1S/C31H41FO5/c1-3-5-7-9-10-12-20-35-29-19-16-24(21-28(29)32)30(33)36-25-17-14-23(15-18-25)27-22-26(37-31(27)34)13-11-8-6-4-2/h14-19,21,26-27H,3-13,20,22H2,1-2H3/t26-,27-/m1/s1. The molecule has 1 aliphatic rings. The van der Waals surface area contributed by atoms with Crippen molar-refractivity contribution in [1.82, 2.24) is 0 Å². The van der Waals surface area contributed by atoms with Gasteiger partial charge >= 0.3 is 11.9 Å². The molecule has 1 saturated heterocycles. The van der Waals surface area contributed by atoms with Crippen molar-refractivity contribution in [3.05, 3.63) is 59.4 Å². The monoisotopic (exact) mass is 512 g/mol. The van der Waals surface area contributed by atoms with Crippen LogP contribution < -0.4 is 9.47 Å². The minimum absolute atomic E-state index is 0.0282. The predicted molar refractivity (Wildman–Crippen MR) is 143 cm³/mol. The van der Waals surface area contributed by atoms with Crippen LogP contribution in [0.25, 0.3) is 0 Å². The maximum absolute atomic E-state index is 14.5. The zero-order valence-electron chi connectivity index (χ0n) is 22.3. The molecule has 37 heavy (non-hydrogen) atoms. The van der Waals surface area contributed by atoms with E-state index in [0.29, 0.717) is 18.8 Å². The molecule has 0 radical (unpaired) electrons. The first-order valence-electron chi connectivity index (χ1n) is 14.0. The van der Waals surface area contributed by atoms with E-state index in [-0.39, 0.29) is 29.3 Å². The fraction of sp³-hybridized carbons (Fsp3) is 0.548. The van der Waals surface area contributed by atoms with E-state index in [1.54, 1.807) is 24.3 Å². The average Bonchev–Trinajstić information content (AvgIpc) is 3.27. The van der Waals surface area contributed by atoms with Crippen molar-refractivity contribution in [1.29, 1.82) is 0 Å². The number of rotatable bonds is 16. The van der Waals surface area contributed by atoms with E-state index in [9.17, 15) is 14.0 Å². The summed E-state index contributed by atoms with van der Waals surface area (Å²) in [5, 5.41) is 0. The van der Waals surface area contributed by atoms with E-state index in [2.05, 4.69) is 13.8 Å². The molecule has 0 saturated carbocycles. The summed E-state index contributed by atoms with van der Waals surface area (Å²) in [6.07, 6.45) is 12.9. The quantitative estimate of drug-likeness (QED) is 0.129. The first-order valence-corrected chi connectivity index (χ1v) is 14.0. The Labute approximate surface area is 220 Å². The first-order chi connectivity index (χ1) is 18.0. The van der Waals surface area contributed by atoms with Gasteiger partial charge in [-0.25, -0.2) is 9.18 Å². The van der Waals surface area contributed by atoms with Crippen LogP contribution in [0, 0.1) is 5.82 Å². The Morgan fingerprint density at radius 3 is 2.30 bits per heavy atom. The van der Waals surface area contributed by atoms with Crippen molar-refractivity contribution in [3.8, 4) is 11.5 Å². The second-order valence-electron chi connectivity index (χ2n) is 9.92. The highest BCUT2D eigenvalue weighted by atomic mass is 19.1. The molecule has 6 heteroatoms. The summed E-state index contributed by atoms with van der Waals surface area (Å²) in [5.41, 5.74) is 0.956. The first kappa shape index (κ1) is 28.7. The summed E-state index contributed by atoms with van der Waals surface area (Å²) in [4.78, 5) is 24.9. The molecule has 5 nitrogen and oxygen atoms in total. The normalized spacial score (nSPS) is 17.0. The van der Waals surface area contributed by atoms with Gasteiger partial charge in [-0.1, -0.05) is 77.3 Å². The van der Waals surface area contributed by atoms with Crippen LogP contribution in [0.3, 0.4) is 0 Å². The number of halogens is 1. The van der Waals surface area contributed by atoms with E-state index in [1.807, 2.05) is 0 Å². The summed E-state index contributed by atoms with van der Waals surface area (Å²) < 4.78 is 31.0. The van der Waals surface area contributed by atoms with Crippen molar-refractivity contribution in [2.45, 2.75) is 103 Å². The Bertz CT molecular complexity index is 988. The third kappa shape index (κ3) is 9.17. The topological polar surface area (TPSA) is 61.8 Å². The Morgan fingerprint density at radius 2 is 1.59 bits per heavy atom. The number of unbranched alkanes of at least 4 members (excludes halogenated alkanes) is 8. The summed E-state index contributed by atoms with van der Waals surface area (Å²) >= 11 is 0. The number of hydrogen-bond acceptors (Lipinski definition) is 5. The SMILES string of the molecule is CCCCCCCCOc1ccc(C(=O)Oc2ccc([C@H]3C[C@@H](CCCCCC)OC3=O)cc2)cc1F. The van der Waals surface area contributed by atoms with E-state index >= 15 is 0 Å². The number of ether oxygens (including phenoxy) is 3. The van der Waals surface area contributed by atoms with Crippen LogP contribution in [0.2, 0.25) is 0 Å². The molecule has 0 spiro atoms. The van der Waals surface area contributed by atoms with Gasteiger partial charge in [-0.05, 0) is 55.2 Å². The summed E-state index contributed by atoms with van der Waals surface area (Å²) in [6.45, 7) is 4.81. The van der Waals surface area contributed by atoms with Crippen molar-refractivity contribution < 1.29 is 28.2 Å². The maximum atomic E-state index is 14.5. The molecule has 1 fully saturated rings. The van der Waals surface area contributed by atoms with Crippen LogP contribution in [-0.2, 0) is 9.53 Å². The van der Waals surface area contributed by atoms with Gasteiger partial charge in [0.1, 0.15) is 11.9 Å². The van der Waals surface area contributed by atoms with Crippen LogP contribution in [0.15, 0.2) is 42.5 Å². The minimum Gasteiger partial charge on any atom is -0.491 e. The molecule has 0 N–H and O–H groups in total. The smallest absolute Gasteiger partial charge is 0.343 e. The molecule has 0 aromatic heterocycles. The van der Waals surface area contributed by atoms with Crippen molar-refractivity contribution in [3.63, 3.8) is 0 Å². The molecule has 2 aromatic carbocycles. The molecule has 0 unspecified atom stereocenters. The van der Waals surface area contributed by atoms with Crippen molar-refractivity contribution in [2.75, 3.05) is 6.61 Å². The van der Waals surface area contributed by atoms with Crippen molar-refractivity contribution >= 4 is 11.9 Å². The van der Waals surface area contributed by atoms with Gasteiger partial charge in [0.2, 0.25) is 0 Å². The van der Waals surface area contributed by atoms with E-state index in [1.165, 1.54) is 44.2 Å². The van der Waals surface area contributed by atoms with E-state index in [0.717, 1.165) is 50.2 Å². The largest absolute Gasteiger partial charge is 0.491 e. The summed E-state index contributed by atoms with van der Waals surface area (Å²) in [5.74, 6) is -1.25. The van der Waals surface area contributed by atoms with Crippen LogP contribution in [0.4, 0.5) is 4.39 Å². The third-order valence-electron chi connectivity index (χ3n) is 6.86. The highest BCUT2D eigenvalue weighted by Crippen LogP contribution is 2.34. The maximum Gasteiger partial charge on any atom is 0.343 e. The van der Waals surface area contributed by atoms with Gasteiger partial charge in [-0.15, -0.1) is 0 Å². The lowest BCUT2D eigenvalue weighted by Gasteiger charge is -2.10. The van der Waals surface area contributed by atoms with E-state index in [4.69, 9.17) is 14.2 Å². The zero-order valence-corrected chi connectivity index (χ0v) is 22.3. The molecule has 1 aliphatic heterocycles. The molecule has 0 bridgehead atoms. The average molecular weight is 513 g/mol. The lowest BCUT2D eigenvalue weighted by Crippen LogP contribution is -2.10. The molecular formula is C31H41FO5. The molecule has 2 atom stereocenters. The van der Waals surface area contributed by atoms with Crippen LogP contribution in [0.1, 0.15) is 113 Å². The second-order valence-corrected chi connectivity index (χ2v) is 9.92. The number of hydrogen-bond donors (Lipinski definition) is 0. The van der Waals surface area contributed by atoms with Crippen LogP contribution >= 0.6 is 0 Å². The highest BCUT2D eigenvalue weighted by Gasteiger charge is 2.35. The lowest BCUT2D eigenvalue weighted by atomic mass is 9.94. The molecule has 0 amide bonds. The molecular weight excluding hydrogens is 471 g/mol.